The van der Waals surface area contributed by atoms with Gasteiger partial charge >= 0.3 is 0 Å². The van der Waals surface area contributed by atoms with Gasteiger partial charge in [0.2, 0.25) is 0 Å². The Hall–Kier alpha value is -2.79. The minimum absolute atomic E-state index is 0.00276. The number of hydrogen-bond donors (Lipinski definition) is 1. The molecule has 0 unspecified atom stereocenters. The summed E-state index contributed by atoms with van der Waals surface area (Å²) in [6.45, 7) is 8.56. The average Bonchev–Trinajstić information content (AvgIpc) is 2.66. The highest BCUT2D eigenvalue weighted by atomic mass is 16.6. The van der Waals surface area contributed by atoms with Crippen molar-refractivity contribution in [2.45, 2.75) is 27.3 Å². The Balaban J connectivity index is 1.90. The van der Waals surface area contributed by atoms with Gasteiger partial charge in [-0.2, -0.15) is 0 Å². The van der Waals surface area contributed by atoms with Crippen molar-refractivity contribution in [2.75, 3.05) is 13.1 Å². The van der Waals surface area contributed by atoms with Crippen molar-refractivity contribution in [1.29, 1.82) is 0 Å². The van der Waals surface area contributed by atoms with E-state index >= 15 is 0 Å². The highest BCUT2D eigenvalue weighted by molar-refractivity contribution is 5.89. The molecule has 0 amide bonds. The number of aryl methyl sites for hydroxylation is 1. The van der Waals surface area contributed by atoms with Crippen LogP contribution in [-0.2, 0) is 6.54 Å². The predicted octanol–water partition coefficient (Wildman–Crippen LogP) is 4.58. The minimum Gasteiger partial charge on any atom is -0.449 e. The van der Waals surface area contributed by atoms with Crippen molar-refractivity contribution in [1.82, 2.24) is 9.88 Å². The monoisotopic (exact) mass is 350 g/mol. The Bertz CT molecular complexity index is 1040. The summed E-state index contributed by atoms with van der Waals surface area (Å²) in [4.78, 5) is 18.9. The first kappa shape index (κ1) is 16.7. The van der Waals surface area contributed by atoms with E-state index in [0.29, 0.717) is 34.9 Å². The summed E-state index contributed by atoms with van der Waals surface area (Å²) in [6.07, 6.45) is 0. The zero-order chi connectivity index (χ0) is 18.3. The van der Waals surface area contributed by atoms with E-state index in [1.165, 1.54) is 0 Å². The standard InChI is InChI=1S/C21H22N2O3/c1-4-23(5-2)12-14-13(3)22-15-10-11-18-21(19(15)20(14)24)26-17-9-7-6-8-16(17)25-18/h6-11H,4-5,12H2,1-3H3,(H,22,24). The largest absolute Gasteiger partial charge is 0.449 e. The zero-order valence-corrected chi connectivity index (χ0v) is 15.3. The van der Waals surface area contributed by atoms with E-state index in [1.807, 2.05) is 43.3 Å². The van der Waals surface area contributed by atoms with E-state index in [9.17, 15) is 4.79 Å². The summed E-state index contributed by atoms with van der Waals surface area (Å²) in [5.41, 5.74) is 2.43. The van der Waals surface area contributed by atoms with E-state index in [-0.39, 0.29) is 5.43 Å². The van der Waals surface area contributed by atoms with Crippen molar-refractivity contribution >= 4 is 10.9 Å². The molecule has 4 rings (SSSR count). The van der Waals surface area contributed by atoms with Crippen LogP contribution in [0.3, 0.4) is 0 Å². The quantitative estimate of drug-likeness (QED) is 0.585. The van der Waals surface area contributed by atoms with Crippen LogP contribution in [0, 0.1) is 6.92 Å². The maximum Gasteiger partial charge on any atom is 0.198 e. The number of nitrogens with zero attached hydrogens (tertiary/aromatic N) is 1. The number of benzene rings is 2. The van der Waals surface area contributed by atoms with Crippen molar-refractivity contribution in [2.24, 2.45) is 0 Å². The van der Waals surface area contributed by atoms with Crippen molar-refractivity contribution in [3.8, 4) is 23.0 Å². The van der Waals surface area contributed by atoms with Crippen LogP contribution in [0.25, 0.3) is 10.9 Å². The van der Waals surface area contributed by atoms with Crippen LogP contribution in [0.2, 0.25) is 0 Å². The molecule has 0 radical (unpaired) electrons. The molecule has 1 aromatic heterocycles. The number of aromatic nitrogens is 1. The van der Waals surface area contributed by atoms with Gasteiger partial charge in [-0.1, -0.05) is 26.0 Å². The lowest BCUT2D eigenvalue weighted by Gasteiger charge is -2.23. The molecule has 0 saturated heterocycles. The average molecular weight is 350 g/mol. The fourth-order valence-corrected chi connectivity index (χ4v) is 3.38. The molecule has 2 heterocycles. The molecule has 1 aliphatic heterocycles. The highest BCUT2D eigenvalue weighted by Crippen LogP contribution is 2.47. The number of H-pyrrole nitrogens is 1. The molecule has 5 nitrogen and oxygen atoms in total. The normalized spacial score (nSPS) is 12.5. The van der Waals surface area contributed by atoms with Crippen LogP contribution < -0.4 is 14.9 Å². The van der Waals surface area contributed by atoms with E-state index in [1.54, 1.807) is 0 Å². The number of para-hydroxylation sites is 2. The van der Waals surface area contributed by atoms with Gasteiger partial charge in [0.15, 0.2) is 28.4 Å². The second-order valence-corrected chi connectivity index (χ2v) is 6.49. The van der Waals surface area contributed by atoms with Gasteiger partial charge in [-0.3, -0.25) is 9.69 Å². The summed E-state index contributed by atoms with van der Waals surface area (Å²) >= 11 is 0. The Labute approximate surface area is 152 Å². The van der Waals surface area contributed by atoms with E-state index in [0.717, 1.165) is 29.9 Å². The maximum absolute atomic E-state index is 13.3. The summed E-state index contributed by atoms with van der Waals surface area (Å²) in [7, 11) is 0. The summed E-state index contributed by atoms with van der Waals surface area (Å²) in [5.74, 6) is 2.34. The summed E-state index contributed by atoms with van der Waals surface area (Å²) < 4.78 is 12.0. The van der Waals surface area contributed by atoms with Crippen molar-refractivity contribution in [3.63, 3.8) is 0 Å². The summed E-state index contributed by atoms with van der Waals surface area (Å²) in [6, 6.07) is 11.2. The minimum atomic E-state index is 0.00276. The third-order valence-electron chi connectivity index (χ3n) is 4.95. The van der Waals surface area contributed by atoms with Gasteiger partial charge in [0.25, 0.3) is 0 Å². The van der Waals surface area contributed by atoms with Gasteiger partial charge in [0, 0.05) is 17.8 Å². The molecule has 5 heteroatoms. The molecule has 0 fully saturated rings. The van der Waals surface area contributed by atoms with Crippen LogP contribution in [0.15, 0.2) is 41.2 Å². The fourth-order valence-electron chi connectivity index (χ4n) is 3.38. The third-order valence-corrected chi connectivity index (χ3v) is 4.95. The number of pyridine rings is 1. The Morgan fingerprint density at radius 1 is 0.962 bits per heavy atom. The fraction of sp³-hybridized carbons (Fsp3) is 0.286. The first-order valence-electron chi connectivity index (χ1n) is 8.98. The van der Waals surface area contributed by atoms with Gasteiger partial charge in [-0.15, -0.1) is 0 Å². The SMILES string of the molecule is CCN(CC)Cc1c(C)[nH]c2ccc3c(c2c1=O)Oc1ccccc1O3. The molecule has 1 aliphatic rings. The van der Waals surface area contributed by atoms with Gasteiger partial charge in [0.05, 0.1) is 10.9 Å². The number of aromatic amines is 1. The molecule has 2 aromatic carbocycles. The van der Waals surface area contributed by atoms with Gasteiger partial charge < -0.3 is 14.5 Å². The van der Waals surface area contributed by atoms with Crippen LogP contribution in [0.5, 0.6) is 23.0 Å². The molecule has 0 spiro atoms. The molecular weight excluding hydrogens is 328 g/mol. The number of nitrogens with one attached hydrogen (secondary N) is 1. The second-order valence-electron chi connectivity index (χ2n) is 6.49. The molecular formula is C21H22N2O3. The van der Waals surface area contributed by atoms with E-state index in [4.69, 9.17) is 9.47 Å². The number of rotatable bonds is 4. The topological polar surface area (TPSA) is 54.6 Å². The lowest BCUT2D eigenvalue weighted by molar-refractivity contribution is 0.294. The molecule has 0 aliphatic carbocycles. The third kappa shape index (κ3) is 2.65. The molecule has 3 aromatic rings. The van der Waals surface area contributed by atoms with Crippen LogP contribution >= 0.6 is 0 Å². The smallest absolute Gasteiger partial charge is 0.198 e. The second kappa shape index (κ2) is 6.50. The van der Waals surface area contributed by atoms with Crippen LogP contribution in [0.4, 0.5) is 0 Å². The lowest BCUT2D eigenvalue weighted by Crippen LogP contribution is -2.27. The van der Waals surface area contributed by atoms with Crippen molar-refractivity contribution in [3.05, 3.63) is 57.9 Å². The van der Waals surface area contributed by atoms with E-state index in [2.05, 4.69) is 23.7 Å². The number of ether oxygens (including phenoxy) is 2. The number of fused-ring (bicyclic) bond motifs is 4. The Morgan fingerprint density at radius 2 is 1.65 bits per heavy atom. The first-order valence-corrected chi connectivity index (χ1v) is 8.98. The van der Waals surface area contributed by atoms with Crippen molar-refractivity contribution < 1.29 is 9.47 Å². The molecule has 26 heavy (non-hydrogen) atoms. The molecule has 1 N–H and O–H groups in total. The molecule has 0 saturated carbocycles. The number of hydrogen-bond acceptors (Lipinski definition) is 4. The molecule has 134 valence electrons. The Morgan fingerprint density at radius 3 is 2.35 bits per heavy atom. The lowest BCUT2D eigenvalue weighted by atomic mass is 10.1. The highest BCUT2D eigenvalue weighted by Gasteiger charge is 2.24. The molecule has 0 atom stereocenters. The maximum atomic E-state index is 13.3. The molecule has 0 bridgehead atoms. The van der Waals surface area contributed by atoms with Gasteiger partial charge in [0.1, 0.15) is 0 Å². The Kier molecular flexibility index (Phi) is 4.17. The van der Waals surface area contributed by atoms with Gasteiger partial charge in [-0.05, 0) is 44.3 Å². The van der Waals surface area contributed by atoms with E-state index < -0.39 is 0 Å². The first-order chi connectivity index (χ1) is 12.6. The van der Waals surface area contributed by atoms with Crippen LogP contribution in [0.1, 0.15) is 25.1 Å². The van der Waals surface area contributed by atoms with Gasteiger partial charge in [-0.25, -0.2) is 0 Å². The van der Waals surface area contributed by atoms with Crippen LogP contribution in [-0.4, -0.2) is 23.0 Å². The summed E-state index contributed by atoms with van der Waals surface area (Å²) in [5, 5.41) is 0.546. The zero-order valence-electron chi connectivity index (χ0n) is 15.3. The predicted molar refractivity (Wildman–Crippen MR) is 103 cm³/mol.